The number of rotatable bonds is 7. The average Bonchev–Trinajstić information content (AvgIpc) is 3.25. The van der Waals surface area contributed by atoms with Gasteiger partial charge in [-0.3, -0.25) is 4.90 Å². The zero-order valence-corrected chi connectivity index (χ0v) is 21.8. The first-order valence-electron chi connectivity index (χ1n) is 12.0. The van der Waals surface area contributed by atoms with Gasteiger partial charge in [-0.2, -0.15) is 0 Å². The predicted molar refractivity (Wildman–Crippen MR) is 136 cm³/mol. The van der Waals surface area contributed by atoms with E-state index in [1.165, 1.54) is 5.56 Å². The highest BCUT2D eigenvalue weighted by molar-refractivity contribution is 5.91. The van der Waals surface area contributed by atoms with Gasteiger partial charge in [0.05, 0.1) is 34.0 Å². The molecular formula is C28H37NO6. The van der Waals surface area contributed by atoms with Crippen molar-refractivity contribution in [2.24, 2.45) is 0 Å². The van der Waals surface area contributed by atoms with E-state index >= 15 is 0 Å². The van der Waals surface area contributed by atoms with Crippen molar-refractivity contribution >= 4 is 5.97 Å². The molecule has 2 atom stereocenters. The topological polar surface area (TPSA) is 66.5 Å². The van der Waals surface area contributed by atoms with Gasteiger partial charge in [0.2, 0.25) is 0 Å². The lowest BCUT2D eigenvalue weighted by atomic mass is 9.68. The van der Waals surface area contributed by atoms with E-state index in [2.05, 4.69) is 30.2 Å². The molecule has 0 spiro atoms. The van der Waals surface area contributed by atoms with Crippen molar-refractivity contribution in [1.29, 1.82) is 0 Å². The van der Waals surface area contributed by atoms with Crippen LogP contribution in [0.15, 0.2) is 48.2 Å². The van der Waals surface area contributed by atoms with Crippen LogP contribution in [-0.2, 0) is 10.2 Å². The third-order valence-corrected chi connectivity index (χ3v) is 6.91. The van der Waals surface area contributed by atoms with E-state index in [0.29, 0.717) is 29.2 Å². The zero-order chi connectivity index (χ0) is 25.6. The molecule has 7 heteroatoms. The van der Waals surface area contributed by atoms with Crippen LogP contribution in [-0.4, -0.2) is 58.9 Å². The number of hydrogen-bond donors (Lipinski definition) is 0. The van der Waals surface area contributed by atoms with Crippen LogP contribution in [0.25, 0.3) is 0 Å². The van der Waals surface area contributed by atoms with Crippen LogP contribution in [0.4, 0.5) is 0 Å². The number of hydrogen-bond acceptors (Lipinski definition) is 7. The summed E-state index contributed by atoms with van der Waals surface area (Å²) in [5.74, 6) is 2.81. The summed E-state index contributed by atoms with van der Waals surface area (Å²) in [6, 6.07) is 11.3. The summed E-state index contributed by atoms with van der Waals surface area (Å²) in [4.78, 5) is 15.2. The van der Waals surface area contributed by atoms with Crippen LogP contribution in [0.2, 0.25) is 0 Å². The van der Waals surface area contributed by atoms with E-state index in [-0.39, 0.29) is 11.5 Å². The number of allylic oxidation sites excluding steroid dienone is 1. The predicted octanol–water partition coefficient (Wildman–Crippen LogP) is 5.22. The van der Waals surface area contributed by atoms with Gasteiger partial charge < -0.3 is 23.7 Å². The standard InChI is InChI=1S/C26H31NO6.C2H6/c1-27-13-12-26(18-7-9-21(30-3)23(15-18)32-5)11-10-19(16-24(26)27)33-25(28)17-6-8-20(29-2)22(14-17)31-4;1-2/h6-9,14-16,24H,10-13H2,1-5H3;1-2H3/t24?,26-;/m0./s1. The number of fused-ring (bicyclic) bond motifs is 1. The lowest BCUT2D eigenvalue weighted by Crippen LogP contribution is -2.42. The van der Waals surface area contributed by atoms with Gasteiger partial charge >= 0.3 is 5.97 Å². The van der Waals surface area contributed by atoms with Crippen LogP contribution in [0.3, 0.4) is 0 Å². The molecule has 1 aliphatic carbocycles. The second-order valence-corrected chi connectivity index (χ2v) is 8.49. The third-order valence-electron chi connectivity index (χ3n) is 6.91. The summed E-state index contributed by atoms with van der Waals surface area (Å²) in [5.41, 5.74) is 1.58. The lowest BCUT2D eigenvalue weighted by Gasteiger charge is -2.40. The Morgan fingerprint density at radius 2 is 1.46 bits per heavy atom. The smallest absolute Gasteiger partial charge is 0.343 e. The van der Waals surface area contributed by atoms with Crippen LogP contribution in [0.1, 0.15) is 49.0 Å². The van der Waals surface area contributed by atoms with Crippen LogP contribution in [0, 0.1) is 0 Å². The van der Waals surface area contributed by atoms with Crippen molar-refractivity contribution in [3.05, 3.63) is 59.4 Å². The van der Waals surface area contributed by atoms with Gasteiger partial charge in [-0.1, -0.05) is 19.9 Å². The molecule has 0 N–H and O–H groups in total. The Labute approximate surface area is 208 Å². The number of esters is 1. The second kappa shape index (κ2) is 11.5. The molecule has 0 amide bonds. The molecule has 1 saturated heterocycles. The Kier molecular flexibility index (Phi) is 8.67. The second-order valence-electron chi connectivity index (χ2n) is 8.49. The van der Waals surface area contributed by atoms with Gasteiger partial charge in [-0.15, -0.1) is 0 Å². The quantitative estimate of drug-likeness (QED) is 0.500. The van der Waals surface area contributed by atoms with Gasteiger partial charge in [0.1, 0.15) is 5.76 Å². The Balaban J connectivity index is 0.00000167. The van der Waals surface area contributed by atoms with Gasteiger partial charge in [-0.05, 0) is 68.4 Å². The number of nitrogens with zero attached hydrogens (tertiary/aromatic N) is 1. The van der Waals surface area contributed by atoms with Gasteiger partial charge in [0.15, 0.2) is 23.0 Å². The SMILES string of the molecule is CC.COc1ccc(C(=O)OC2=CC3N(C)CC[C@]3(c3ccc(OC)c(OC)c3)CC2)cc1OC. The minimum atomic E-state index is -0.401. The maximum atomic E-state index is 12.9. The van der Waals surface area contributed by atoms with E-state index in [1.54, 1.807) is 46.6 Å². The van der Waals surface area contributed by atoms with Crippen LogP contribution in [0.5, 0.6) is 23.0 Å². The van der Waals surface area contributed by atoms with Crippen molar-refractivity contribution < 1.29 is 28.5 Å². The maximum Gasteiger partial charge on any atom is 0.343 e. The summed E-state index contributed by atoms with van der Waals surface area (Å²) in [7, 11) is 8.52. The Hall–Kier alpha value is -3.19. The Bertz CT molecular complexity index is 1070. The first-order valence-corrected chi connectivity index (χ1v) is 12.0. The van der Waals surface area contributed by atoms with Crippen LogP contribution >= 0.6 is 0 Å². The fourth-order valence-corrected chi connectivity index (χ4v) is 5.08. The fourth-order valence-electron chi connectivity index (χ4n) is 5.08. The van der Waals surface area contributed by atoms with Gasteiger partial charge in [-0.25, -0.2) is 4.79 Å². The van der Waals surface area contributed by atoms with E-state index in [0.717, 1.165) is 30.9 Å². The Morgan fingerprint density at radius 3 is 2.09 bits per heavy atom. The highest BCUT2D eigenvalue weighted by atomic mass is 16.5. The molecule has 4 rings (SSSR count). The van der Waals surface area contributed by atoms with Crippen molar-refractivity contribution in [2.75, 3.05) is 42.0 Å². The number of carbonyl (C=O) groups is 1. The number of ether oxygens (including phenoxy) is 5. The molecule has 1 fully saturated rings. The largest absolute Gasteiger partial charge is 0.493 e. The van der Waals surface area contributed by atoms with Gasteiger partial charge in [0.25, 0.3) is 0 Å². The summed E-state index contributed by atoms with van der Waals surface area (Å²) in [6.07, 6.45) is 4.68. The molecule has 2 aliphatic rings. The molecule has 0 saturated carbocycles. The van der Waals surface area contributed by atoms with Gasteiger partial charge in [0, 0.05) is 17.9 Å². The molecule has 7 nitrogen and oxygen atoms in total. The summed E-state index contributed by atoms with van der Waals surface area (Å²) in [6.45, 7) is 4.96. The van der Waals surface area contributed by atoms with Crippen LogP contribution < -0.4 is 18.9 Å². The number of methoxy groups -OCH3 is 4. The molecule has 0 radical (unpaired) electrons. The molecule has 0 bridgehead atoms. The van der Waals surface area contributed by atoms with E-state index in [4.69, 9.17) is 23.7 Å². The first kappa shape index (κ1) is 26.4. The first-order chi connectivity index (χ1) is 16.9. The average molecular weight is 484 g/mol. The molecule has 190 valence electrons. The fraction of sp³-hybridized carbons (Fsp3) is 0.464. The molecule has 1 aliphatic heterocycles. The molecular weight excluding hydrogens is 446 g/mol. The lowest BCUT2D eigenvalue weighted by molar-refractivity contribution is 0.0593. The van der Waals surface area contributed by atoms with Crippen molar-refractivity contribution in [3.8, 4) is 23.0 Å². The number of likely N-dealkylation sites (N-methyl/N-ethyl adjacent to an activating group) is 1. The highest BCUT2D eigenvalue weighted by Crippen LogP contribution is 2.49. The minimum absolute atomic E-state index is 0.0620. The number of carbonyl (C=O) groups excluding carboxylic acids is 1. The molecule has 0 aromatic heterocycles. The normalized spacial score (nSPS) is 21.1. The van der Waals surface area contributed by atoms with E-state index in [1.807, 2.05) is 19.9 Å². The van der Waals surface area contributed by atoms with E-state index in [9.17, 15) is 4.79 Å². The molecule has 1 unspecified atom stereocenters. The zero-order valence-electron chi connectivity index (χ0n) is 21.8. The minimum Gasteiger partial charge on any atom is -0.493 e. The molecule has 35 heavy (non-hydrogen) atoms. The number of likely N-dealkylation sites (tertiary alicyclic amines) is 1. The third kappa shape index (κ3) is 5.10. The molecule has 1 heterocycles. The summed E-state index contributed by atoms with van der Waals surface area (Å²) >= 11 is 0. The molecule has 2 aromatic rings. The van der Waals surface area contributed by atoms with Crippen molar-refractivity contribution in [1.82, 2.24) is 4.90 Å². The summed E-state index contributed by atoms with van der Waals surface area (Å²) < 4.78 is 27.4. The Morgan fingerprint density at radius 1 is 0.857 bits per heavy atom. The van der Waals surface area contributed by atoms with E-state index < -0.39 is 5.97 Å². The summed E-state index contributed by atoms with van der Waals surface area (Å²) in [5, 5.41) is 0. The van der Waals surface area contributed by atoms with Crippen molar-refractivity contribution in [3.63, 3.8) is 0 Å². The maximum absolute atomic E-state index is 12.9. The highest BCUT2D eigenvalue weighted by Gasteiger charge is 2.48. The van der Waals surface area contributed by atoms with Crippen molar-refractivity contribution in [2.45, 2.75) is 44.6 Å². The monoisotopic (exact) mass is 483 g/mol. The number of benzene rings is 2. The molecule has 2 aromatic carbocycles.